The highest BCUT2D eigenvalue weighted by molar-refractivity contribution is 7.86. The Morgan fingerprint density at radius 3 is 2.21 bits per heavy atom. The molecular formula is C32H43N2O7SSi+. The van der Waals surface area contributed by atoms with Gasteiger partial charge >= 0.3 is 8.80 Å². The Kier molecular flexibility index (Phi) is 10.5. The monoisotopic (exact) mass is 627 g/mol. The van der Waals surface area contributed by atoms with E-state index < -0.39 is 18.9 Å². The van der Waals surface area contributed by atoms with Gasteiger partial charge in [-0.1, -0.05) is 25.1 Å². The van der Waals surface area contributed by atoms with E-state index in [1.807, 2.05) is 36.4 Å². The maximum absolute atomic E-state index is 12.5. The first-order valence-corrected chi connectivity index (χ1v) is 18.0. The standard InChI is InChI=1S/C32H42N2O7SSi/c1-8-33(9-2)24-15-17-26-29(19-24)41-30-20-25(34(10-3)21-23(4)22-43(38-5,39-6)40-7)16-18-27(30)32(26)28-13-11-12-14-31(28)42(35,36)37/h11-20,23H,8-10,21-22H2,1-7H3/p+1. The Labute approximate surface area is 255 Å². The molecule has 1 N–H and O–H groups in total. The molecule has 1 heterocycles. The Morgan fingerprint density at radius 2 is 1.60 bits per heavy atom. The van der Waals surface area contributed by atoms with Crippen LogP contribution in [-0.4, -0.2) is 69.3 Å². The first-order valence-electron chi connectivity index (χ1n) is 14.6. The van der Waals surface area contributed by atoms with Gasteiger partial charge in [0.25, 0.3) is 10.1 Å². The highest BCUT2D eigenvalue weighted by atomic mass is 32.2. The minimum Gasteiger partial charge on any atom is -0.456 e. The summed E-state index contributed by atoms with van der Waals surface area (Å²) in [7, 11) is -2.34. The van der Waals surface area contributed by atoms with E-state index in [0.717, 1.165) is 48.2 Å². The summed E-state index contributed by atoms with van der Waals surface area (Å²) >= 11 is 0. The molecular weight excluding hydrogens is 585 g/mol. The highest BCUT2D eigenvalue weighted by Gasteiger charge is 2.40. The van der Waals surface area contributed by atoms with Crippen LogP contribution >= 0.6 is 0 Å². The van der Waals surface area contributed by atoms with E-state index >= 15 is 0 Å². The first kappa shape index (κ1) is 32.8. The van der Waals surface area contributed by atoms with Gasteiger partial charge in [0.15, 0.2) is 0 Å². The fourth-order valence-corrected chi connectivity index (χ4v) is 8.50. The zero-order chi connectivity index (χ0) is 31.4. The predicted octanol–water partition coefficient (Wildman–Crippen LogP) is 5.60. The molecule has 0 spiro atoms. The van der Waals surface area contributed by atoms with Crippen LogP contribution in [0.15, 0.2) is 70.0 Å². The van der Waals surface area contributed by atoms with Crippen LogP contribution in [-0.2, 0) is 23.4 Å². The van der Waals surface area contributed by atoms with Crippen molar-refractivity contribution in [2.75, 3.05) is 52.4 Å². The van der Waals surface area contributed by atoms with Crippen LogP contribution in [0.5, 0.6) is 0 Å². The SMILES string of the molecule is CCN(CC)c1ccc2c(-c3ccccc3S(=O)(=O)O)c3ccc(=[N+](CC)CC(C)C[Si](OC)(OC)OC)cc-3oc2c1. The van der Waals surface area contributed by atoms with Crippen molar-refractivity contribution < 1.29 is 30.7 Å². The maximum atomic E-state index is 12.5. The van der Waals surface area contributed by atoms with Crippen molar-refractivity contribution in [1.82, 2.24) is 4.58 Å². The van der Waals surface area contributed by atoms with E-state index in [-0.39, 0.29) is 10.8 Å². The van der Waals surface area contributed by atoms with Crippen molar-refractivity contribution in [2.45, 2.75) is 38.6 Å². The molecule has 4 rings (SSSR count). The third-order valence-electron chi connectivity index (χ3n) is 8.06. The van der Waals surface area contributed by atoms with Crippen LogP contribution in [0, 0.1) is 5.92 Å². The van der Waals surface area contributed by atoms with Crippen molar-refractivity contribution in [3.05, 3.63) is 66.0 Å². The topological polar surface area (TPSA) is 101 Å². The molecule has 11 heteroatoms. The van der Waals surface area contributed by atoms with E-state index in [2.05, 4.69) is 37.2 Å². The Morgan fingerprint density at radius 1 is 0.930 bits per heavy atom. The minimum absolute atomic E-state index is 0.146. The maximum Gasteiger partial charge on any atom is 0.500 e. The fourth-order valence-electron chi connectivity index (χ4n) is 5.82. The minimum atomic E-state index is -4.48. The van der Waals surface area contributed by atoms with Crippen LogP contribution in [0.4, 0.5) is 5.69 Å². The number of benzene rings is 3. The van der Waals surface area contributed by atoms with Gasteiger partial charge in [0.2, 0.25) is 5.36 Å². The van der Waals surface area contributed by atoms with E-state index in [1.165, 1.54) is 6.07 Å². The third kappa shape index (κ3) is 6.87. The van der Waals surface area contributed by atoms with E-state index in [4.69, 9.17) is 17.7 Å². The number of hydrogen-bond donors (Lipinski definition) is 1. The van der Waals surface area contributed by atoms with Crippen molar-refractivity contribution in [2.24, 2.45) is 5.92 Å². The van der Waals surface area contributed by atoms with Crippen LogP contribution < -0.4 is 14.8 Å². The molecule has 2 aromatic carbocycles. The zero-order valence-corrected chi connectivity index (χ0v) is 27.9. The molecule has 43 heavy (non-hydrogen) atoms. The molecule has 0 amide bonds. The quantitative estimate of drug-likeness (QED) is 0.0885. The summed E-state index contributed by atoms with van der Waals surface area (Å²) in [6, 6.07) is 19.2. The van der Waals surface area contributed by atoms with Gasteiger partial charge in [-0.15, -0.1) is 0 Å². The average molecular weight is 628 g/mol. The number of rotatable bonds is 13. The van der Waals surface area contributed by atoms with Gasteiger partial charge < -0.3 is 22.6 Å². The third-order valence-corrected chi connectivity index (χ3v) is 12.0. The lowest BCUT2D eigenvalue weighted by Crippen LogP contribution is -2.46. The summed E-state index contributed by atoms with van der Waals surface area (Å²) in [5, 5.41) is 1.73. The van der Waals surface area contributed by atoms with Gasteiger partial charge in [-0.05, 0) is 45.0 Å². The van der Waals surface area contributed by atoms with Crippen molar-refractivity contribution in [3.63, 3.8) is 0 Å². The second-order valence-corrected chi connectivity index (χ2v) is 15.0. The van der Waals surface area contributed by atoms with Gasteiger partial charge in [-0.3, -0.25) is 4.55 Å². The second kappa shape index (κ2) is 13.7. The molecule has 1 atom stereocenters. The molecule has 1 aliphatic heterocycles. The average Bonchev–Trinajstić information content (AvgIpc) is 3.01. The molecule has 0 fully saturated rings. The van der Waals surface area contributed by atoms with Crippen molar-refractivity contribution in [3.8, 4) is 22.5 Å². The molecule has 1 unspecified atom stereocenters. The number of fused-ring (bicyclic) bond motifs is 2. The Balaban J connectivity index is 1.98. The molecule has 232 valence electrons. The summed E-state index contributed by atoms with van der Waals surface area (Å²) in [6.45, 7) is 11.6. The highest BCUT2D eigenvalue weighted by Crippen LogP contribution is 2.42. The molecule has 0 saturated heterocycles. The molecule has 0 radical (unpaired) electrons. The van der Waals surface area contributed by atoms with E-state index in [9.17, 15) is 13.0 Å². The second-order valence-electron chi connectivity index (χ2n) is 10.6. The fraction of sp³-hybridized carbons (Fsp3) is 0.406. The summed E-state index contributed by atoms with van der Waals surface area (Å²) in [6.07, 6.45) is 0. The van der Waals surface area contributed by atoms with Gasteiger partial charge in [0.1, 0.15) is 29.3 Å². The van der Waals surface area contributed by atoms with Crippen LogP contribution in [0.1, 0.15) is 27.7 Å². The molecule has 9 nitrogen and oxygen atoms in total. The van der Waals surface area contributed by atoms with Crippen LogP contribution in [0.25, 0.3) is 33.4 Å². The van der Waals surface area contributed by atoms with Crippen LogP contribution in [0.3, 0.4) is 0 Å². The van der Waals surface area contributed by atoms with E-state index in [0.29, 0.717) is 28.5 Å². The summed E-state index contributed by atoms with van der Waals surface area (Å²) < 4.78 is 60.9. The molecule has 2 aliphatic rings. The van der Waals surface area contributed by atoms with Crippen molar-refractivity contribution in [1.29, 1.82) is 0 Å². The number of anilines is 1. The van der Waals surface area contributed by atoms with Gasteiger partial charge in [-0.25, -0.2) is 4.58 Å². The van der Waals surface area contributed by atoms with E-state index in [1.54, 1.807) is 39.5 Å². The van der Waals surface area contributed by atoms with Gasteiger partial charge in [-0.2, -0.15) is 8.42 Å². The molecule has 0 bridgehead atoms. The normalized spacial score (nSPS) is 13.9. The van der Waals surface area contributed by atoms with Gasteiger partial charge in [0, 0.05) is 86.3 Å². The van der Waals surface area contributed by atoms with Crippen LogP contribution in [0.2, 0.25) is 6.04 Å². The predicted molar refractivity (Wildman–Crippen MR) is 173 cm³/mol. The lowest BCUT2D eigenvalue weighted by atomic mass is 9.93. The van der Waals surface area contributed by atoms with Gasteiger partial charge in [0.05, 0.1) is 6.07 Å². The molecule has 2 aromatic rings. The van der Waals surface area contributed by atoms with Crippen molar-refractivity contribution >= 4 is 35.6 Å². The molecule has 0 aromatic heterocycles. The number of nitrogens with zero attached hydrogens (tertiary/aromatic N) is 2. The number of hydrogen-bond acceptors (Lipinski definition) is 7. The zero-order valence-electron chi connectivity index (χ0n) is 26.1. The first-order chi connectivity index (χ1) is 20.5. The summed E-state index contributed by atoms with van der Waals surface area (Å²) in [4.78, 5) is 2.08. The largest absolute Gasteiger partial charge is 0.500 e. The lowest BCUT2D eigenvalue weighted by molar-refractivity contribution is 0.118. The summed E-state index contributed by atoms with van der Waals surface area (Å²) in [5.74, 6) is 0.826. The smallest absolute Gasteiger partial charge is 0.456 e. The Hall–Kier alpha value is -3.06. The molecule has 0 saturated carbocycles. The molecule has 1 aliphatic carbocycles. The Bertz CT molecular complexity index is 1700. The summed E-state index contributed by atoms with van der Waals surface area (Å²) in [5.41, 5.74) is 3.49. The lowest BCUT2D eigenvalue weighted by Gasteiger charge is -2.26.